The summed E-state index contributed by atoms with van der Waals surface area (Å²) in [6.45, 7) is 1.87. The summed E-state index contributed by atoms with van der Waals surface area (Å²) in [5.74, 6) is -0.129. The number of rotatable bonds is 2. The Kier molecular flexibility index (Phi) is 4.34. The maximum absolute atomic E-state index is 11.9. The quantitative estimate of drug-likeness (QED) is 0.842. The predicted molar refractivity (Wildman–Crippen MR) is 67.2 cm³/mol. The fraction of sp³-hybridized carbons (Fsp3) is 0.500. The highest BCUT2D eigenvalue weighted by molar-refractivity contribution is 6.30. The number of carbonyl (C=O) groups is 1. The molecule has 0 aromatic carbocycles. The first-order valence-electron chi connectivity index (χ1n) is 5.89. The zero-order valence-corrected chi connectivity index (χ0v) is 10.3. The van der Waals surface area contributed by atoms with E-state index in [2.05, 4.69) is 15.6 Å². The van der Waals surface area contributed by atoms with Crippen LogP contribution in [0.5, 0.6) is 0 Å². The molecule has 0 bridgehead atoms. The maximum atomic E-state index is 11.9. The smallest absolute Gasteiger partial charge is 0.270 e. The number of aromatic nitrogens is 1. The number of amides is 1. The normalized spacial score (nSPS) is 20.6. The molecule has 1 aliphatic rings. The zero-order chi connectivity index (χ0) is 12.1. The van der Waals surface area contributed by atoms with Gasteiger partial charge in [0.1, 0.15) is 5.69 Å². The van der Waals surface area contributed by atoms with Crippen LogP contribution in [0.25, 0.3) is 0 Å². The zero-order valence-electron chi connectivity index (χ0n) is 9.58. The molecule has 92 valence electrons. The van der Waals surface area contributed by atoms with Crippen LogP contribution >= 0.6 is 11.6 Å². The van der Waals surface area contributed by atoms with Crippen LogP contribution in [0.2, 0.25) is 5.02 Å². The number of nitrogens with zero attached hydrogens (tertiary/aromatic N) is 1. The average molecular weight is 254 g/mol. The van der Waals surface area contributed by atoms with Gasteiger partial charge in [-0.15, -0.1) is 0 Å². The molecule has 1 saturated heterocycles. The monoisotopic (exact) mass is 253 g/mol. The second-order valence-electron chi connectivity index (χ2n) is 4.23. The van der Waals surface area contributed by atoms with Crippen LogP contribution in [0.1, 0.15) is 29.8 Å². The van der Waals surface area contributed by atoms with Crippen LogP contribution < -0.4 is 10.6 Å². The Morgan fingerprint density at radius 1 is 1.47 bits per heavy atom. The first-order chi connectivity index (χ1) is 8.25. The van der Waals surface area contributed by atoms with E-state index < -0.39 is 0 Å². The first-order valence-corrected chi connectivity index (χ1v) is 6.26. The van der Waals surface area contributed by atoms with Gasteiger partial charge >= 0.3 is 0 Å². The average Bonchev–Trinajstić information content (AvgIpc) is 2.58. The van der Waals surface area contributed by atoms with Crippen LogP contribution in [0.4, 0.5) is 0 Å². The molecule has 0 aliphatic carbocycles. The van der Waals surface area contributed by atoms with E-state index in [1.165, 1.54) is 12.6 Å². The molecule has 0 radical (unpaired) electrons. The molecule has 17 heavy (non-hydrogen) atoms. The minimum absolute atomic E-state index is 0.129. The lowest BCUT2D eigenvalue weighted by molar-refractivity contribution is 0.0930. The number of halogens is 1. The van der Waals surface area contributed by atoms with Crippen molar-refractivity contribution in [2.45, 2.75) is 25.3 Å². The molecule has 1 aliphatic heterocycles. The lowest BCUT2D eigenvalue weighted by atomic mass is 10.1. The standard InChI is InChI=1S/C12H16ClN3O/c13-9-4-5-11(15-7-9)12(17)16-10-3-1-2-6-14-8-10/h4-5,7,10,14H,1-3,6,8H2,(H,16,17). The van der Waals surface area contributed by atoms with Crippen LogP contribution in [0.3, 0.4) is 0 Å². The van der Waals surface area contributed by atoms with E-state index >= 15 is 0 Å². The van der Waals surface area contributed by atoms with E-state index in [-0.39, 0.29) is 11.9 Å². The van der Waals surface area contributed by atoms with E-state index in [1.54, 1.807) is 12.1 Å². The Bertz CT molecular complexity index is 372. The van der Waals surface area contributed by atoms with Crippen molar-refractivity contribution in [1.29, 1.82) is 0 Å². The van der Waals surface area contributed by atoms with Gasteiger partial charge in [0, 0.05) is 18.8 Å². The van der Waals surface area contributed by atoms with Gasteiger partial charge in [0.05, 0.1) is 5.02 Å². The molecule has 0 saturated carbocycles. The number of pyridine rings is 1. The van der Waals surface area contributed by atoms with Crippen LogP contribution in [-0.4, -0.2) is 30.0 Å². The van der Waals surface area contributed by atoms with Crippen LogP contribution in [0, 0.1) is 0 Å². The number of carbonyl (C=O) groups excluding carboxylic acids is 1. The fourth-order valence-electron chi connectivity index (χ4n) is 1.91. The van der Waals surface area contributed by atoms with Crippen molar-refractivity contribution in [2.24, 2.45) is 0 Å². The van der Waals surface area contributed by atoms with Crippen molar-refractivity contribution in [3.63, 3.8) is 0 Å². The van der Waals surface area contributed by atoms with Gasteiger partial charge in [0.15, 0.2) is 0 Å². The van der Waals surface area contributed by atoms with Crippen LogP contribution in [0.15, 0.2) is 18.3 Å². The molecule has 2 N–H and O–H groups in total. The minimum Gasteiger partial charge on any atom is -0.347 e. The molecule has 0 spiro atoms. The van der Waals surface area contributed by atoms with Crippen molar-refractivity contribution < 1.29 is 4.79 Å². The highest BCUT2D eigenvalue weighted by Crippen LogP contribution is 2.08. The summed E-state index contributed by atoms with van der Waals surface area (Å²) in [4.78, 5) is 15.9. The molecular formula is C12H16ClN3O. The maximum Gasteiger partial charge on any atom is 0.270 e. The third kappa shape index (κ3) is 3.68. The highest BCUT2D eigenvalue weighted by atomic mass is 35.5. The van der Waals surface area contributed by atoms with Gasteiger partial charge in [0.2, 0.25) is 0 Å². The van der Waals surface area contributed by atoms with E-state index in [0.29, 0.717) is 10.7 Å². The molecule has 1 atom stereocenters. The second-order valence-corrected chi connectivity index (χ2v) is 4.67. The molecule has 1 aromatic heterocycles. The van der Waals surface area contributed by atoms with Crippen molar-refractivity contribution in [3.05, 3.63) is 29.0 Å². The predicted octanol–water partition coefficient (Wildman–Crippen LogP) is 1.61. The van der Waals surface area contributed by atoms with E-state index in [4.69, 9.17) is 11.6 Å². The van der Waals surface area contributed by atoms with E-state index in [0.717, 1.165) is 25.9 Å². The molecule has 2 rings (SSSR count). The topological polar surface area (TPSA) is 54.0 Å². The number of nitrogens with one attached hydrogen (secondary N) is 2. The van der Waals surface area contributed by atoms with Crippen molar-refractivity contribution >= 4 is 17.5 Å². The lowest BCUT2D eigenvalue weighted by Gasteiger charge is -2.15. The van der Waals surface area contributed by atoms with Gasteiger partial charge in [0.25, 0.3) is 5.91 Å². The fourth-order valence-corrected chi connectivity index (χ4v) is 2.02. The summed E-state index contributed by atoms with van der Waals surface area (Å²) in [6, 6.07) is 3.51. The number of hydrogen-bond donors (Lipinski definition) is 2. The summed E-state index contributed by atoms with van der Waals surface area (Å²) >= 11 is 5.73. The van der Waals surface area contributed by atoms with Gasteiger partial charge in [-0.25, -0.2) is 4.98 Å². The summed E-state index contributed by atoms with van der Waals surface area (Å²) in [6.07, 6.45) is 4.83. The largest absolute Gasteiger partial charge is 0.347 e. The minimum atomic E-state index is -0.129. The van der Waals surface area contributed by atoms with Gasteiger partial charge in [-0.2, -0.15) is 0 Å². The van der Waals surface area contributed by atoms with Gasteiger partial charge in [-0.1, -0.05) is 18.0 Å². The third-order valence-electron chi connectivity index (χ3n) is 2.84. The first kappa shape index (κ1) is 12.3. The summed E-state index contributed by atoms with van der Waals surface area (Å²) in [7, 11) is 0. The molecule has 1 amide bonds. The van der Waals surface area contributed by atoms with E-state index in [9.17, 15) is 4.79 Å². The van der Waals surface area contributed by atoms with Gasteiger partial charge in [-0.3, -0.25) is 4.79 Å². The Balaban J connectivity index is 1.93. The van der Waals surface area contributed by atoms with Crippen LogP contribution in [-0.2, 0) is 0 Å². The molecule has 5 heteroatoms. The second kappa shape index (κ2) is 5.98. The lowest BCUT2D eigenvalue weighted by Crippen LogP contribution is -2.41. The summed E-state index contributed by atoms with van der Waals surface area (Å²) in [5, 5.41) is 6.83. The molecular weight excluding hydrogens is 238 g/mol. The third-order valence-corrected chi connectivity index (χ3v) is 3.07. The molecule has 1 aromatic rings. The van der Waals surface area contributed by atoms with Gasteiger partial charge < -0.3 is 10.6 Å². The number of hydrogen-bond acceptors (Lipinski definition) is 3. The Morgan fingerprint density at radius 3 is 3.12 bits per heavy atom. The Labute approximate surface area is 106 Å². The SMILES string of the molecule is O=C(NC1CCCCNC1)c1ccc(Cl)cn1. The molecule has 4 nitrogen and oxygen atoms in total. The Morgan fingerprint density at radius 2 is 2.35 bits per heavy atom. The summed E-state index contributed by atoms with van der Waals surface area (Å²) < 4.78 is 0. The van der Waals surface area contributed by atoms with Crippen molar-refractivity contribution in [1.82, 2.24) is 15.6 Å². The highest BCUT2D eigenvalue weighted by Gasteiger charge is 2.15. The molecule has 1 unspecified atom stereocenters. The van der Waals surface area contributed by atoms with Gasteiger partial charge in [-0.05, 0) is 31.5 Å². The van der Waals surface area contributed by atoms with E-state index in [1.807, 2.05) is 0 Å². The molecule has 1 fully saturated rings. The van der Waals surface area contributed by atoms with Crippen molar-refractivity contribution in [3.8, 4) is 0 Å². The summed E-state index contributed by atoms with van der Waals surface area (Å²) in [5.41, 5.74) is 0.415. The molecule has 2 heterocycles. The Hall–Kier alpha value is -1.13. The van der Waals surface area contributed by atoms with Crippen molar-refractivity contribution in [2.75, 3.05) is 13.1 Å².